The lowest BCUT2D eigenvalue weighted by atomic mass is 9.65. The summed E-state index contributed by atoms with van der Waals surface area (Å²) in [5.41, 5.74) is 10.3. The van der Waals surface area contributed by atoms with E-state index in [4.69, 9.17) is 18.9 Å². The van der Waals surface area contributed by atoms with Crippen LogP contribution in [0.4, 0.5) is 0 Å². The summed E-state index contributed by atoms with van der Waals surface area (Å²) in [6.07, 6.45) is -7.26. The molecule has 2 saturated heterocycles. The number of carboxylic acids is 1. The summed E-state index contributed by atoms with van der Waals surface area (Å²) >= 11 is 0. The molecule has 610 valence electrons. The highest BCUT2D eigenvalue weighted by molar-refractivity contribution is 6.01. The number of ether oxygens (including phenoxy) is 4. The highest BCUT2D eigenvalue weighted by Gasteiger charge is 2.50. The van der Waals surface area contributed by atoms with E-state index in [-0.39, 0.29) is 75.9 Å². The van der Waals surface area contributed by atoms with Crippen LogP contribution in [-0.4, -0.2) is 128 Å². The number of aliphatic hydroxyl groups excluding tert-OH is 4. The van der Waals surface area contributed by atoms with Gasteiger partial charge < -0.3 is 65.2 Å². The average molecular weight is 1570 g/mol. The molecule has 7 heterocycles. The fourth-order valence-corrected chi connectivity index (χ4v) is 18.4. The number of Topliss-reactive ketones (excluding diaryl/α,β-unsaturated/α-hetero) is 4. The van der Waals surface area contributed by atoms with Crippen LogP contribution >= 0.6 is 0 Å². The molecule has 7 aromatic carbocycles. The number of aliphatic carboxylic acids is 1. The van der Waals surface area contributed by atoms with Crippen molar-refractivity contribution < 1.29 is 82.8 Å². The first kappa shape index (κ1) is 84.8. The van der Waals surface area contributed by atoms with Crippen molar-refractivity contribution in [2.75, 3.05) is 6.61 Å². The van der Waals surface area contributed by atoms with Gasteiger partial charge in [-0.25, -0.2) is 0 Å². The molecule has 0 spiro atoms. The van der Waals surface area contributed by atoms with E-state index in [1.807, 2.05) is 53.7 Å². The van der Waals surface area contributed by atoms with Gasteiger partial charge in [-0.3, -0.25) is 33.6 Å². The Kier molecular flexibility index (Phi) is 26.2. The lowest BCUT2D eigenvalue weighted by molar-refractivity contribution is -0.221. The summed E-state index contributed by atoms with van der Waals surface area (Å²) in [7, 11) is 0. The first-order valence-electron chi connectivity index (χ1n) is 40.9. The number of carbonyl (C=O) groups excluding carboxylic acids is 7. The van der Waals surface area contributed by atoms with Crippen molar-refractivity contribution in [3.05, 3.63) is 200 Å². The smallest absolute Gasteiger partial charge is 0.311 e. The Hall–Kier alpha value is -9.54. The molecule has 0 radical (unpaired) electrons. The van der Waals surface area contributed by atoms with Gasteiger partial charge in [-0.2, -0.15) is 0 Å². The number of ketones is 4. The summed E-state index contributed by atoms with van der Waals surface area (Å²) in [4.78, 5) is 121. The third kappa shape index (κ3) is 18.7. The van der Waals surface area contributed by atoms with E-state index >= 15 is 24.0 Å². The van der Waals surface area contributed by atoms with Gasteiger partial charge in [0.2, 0.25) is 17.7 Å². The highest BCUT2D eigenvalue weighted by Crippen LogP contribution is 2.50. The first-order chi connectivity index (χ1) is 54.6. The maximum atomic E-state index is 16.7. The molecular weight excluding hydrogens is 1460 g/mol. The summed E-state index contributed by atoms with van der Waals surface area (Å²) < 4.78 is 28.3. The molecule has 115 heavy (non-hydrogen) atoms. The molecule has 0 aliphatic carbocycles. The predicted octanol–water partition coefficient (Wildman–Crippen LogP) is 14.7. The van der Waals surface area contributed by atoms with Gasteiger partial charge in [-0.1, -0.05) is 150 Å². The van der Waals surface area contributed by atoms with E-state index in [1.165, 1.54) is 18.1 Å². The Morgan fingerprint density at radius 1 is 0.635 bits per heavy atom. The normalized spacial score (nSPS) is 27.5. The van der Waals surface area contributed by atoms with Crippen molar-refractivity contribution in [2.45, 2.75) is 246 Å². The van der Waals surface area contributed by atoms with Gasteiger partial charge in [-0.15, -0.1) is 0 Å². The van der Waals surface area contributed by atoms with Gasteiger partial charge in [-0.05, 0) is 219 Å². The van der Waals surface area contributed by atoms with Crippen LogP contribution in [0.15, 0.2) is 127 Å². The Labute approximate surface area is 674 Å². The molecule has 0 aromatic heterocycles. The van der Waals surface area contributed by atoms with Crippen molar-refractivity contribution >= 4 is 46.8 Å². The molecule has 7 aliphatic rings. The summed E-state index contributed by atoms with van der Waals surface area (Å²) in [5.74, 6) is -12.1. The van der Waals surface area contributed by atoms with Crippen LogP contribution in [0, 0.1) is 76.5 Å². The lowest BCUT2D eigenvalue weighted by Crippen LogP contribution is -2.57. The molecule has 7 aromatic rings. The SMILES string of the molecule is CC[C@H](CC(C)C)C(=O)NC1C(=O)C[C@@H](CC(C)=O)C(=O)NC2C(=O)C[C@@H]3C(=O)N[C@H](C(=O)C[C@H](C(=O)O)c4cc(C)cc(C)c4-c4cc3ccc4C)[C@H](C)c3ccc(c(C)c3)Oc3cc2cc(c3C[C@@H]2O[C@H](CO)[C@@H](O)[C@H](O)[C@H]2C[C@H]2C[C@](C)(CCc3ccc(-c4ccc(C)cc4)cc3)[C@H](C)[C@H](C)O2)Oc2ccc(cc2C)[C@H]1O. The van der Waals surface area contributed by atoms with Crippen LogP contribution in [-0.2, 0) is 60.7 Å². The van der Waals surface area contributed by atoms with Gasteiger partial charge in [0.15, 0.2) is 17.3 Å². The zero-order chi connectivity index (χ0) is 82.9. The van der Waals surface area contributed by atoms with E-state index in [9.17, 15) is 39.9 Å². The molecular formula is C95H113N3O17. The molecule has 11 bridgehead atoms. The maximum absolute atomic E-state index is 16.7. The van der Waals surface area contributed by atoms with Gasteiger partial charge in [0.25, 0.3) is 0 Å². The standard InChI is InChI=1S/C95H113N3O17/c1-15-60(32-48(2)3)91(107)98-87-75(101)39-67(37-55(10)100)92(108)97-86-66-40-80(113-78-28-26-63(35-52(78)7)56(11)85-76(102)44-72(94(110)111)71-34-50(5)33-54(9)84(71)69-38-64(23-18-51(69)6)70(43-77(86)103)93(109)96-85)73(81(41-66)114-79-29-27-65(88(87)104)36-53(79)8)45-82-74(89(105)90(106)83(47-99)115-82)42-68-46-95(14,57(12)58(13)112-68)31-30-59-19-24-62(25-20-59)61-21-16-49(4)17-22-61/h16-29,33-36,38,40-41,48,56-58,60,67-68,70,72,74,82-83,85-90,99,104-106H,15,30-32,37,39,42-47H2,1-14H3,(H,96,109)(H,97,108)(H,98,107)(H,110,111)/t56-,57-,58+,60-,67-,68+,70+,72+,74+,82+,83-,85+,86?,87?,88-,89-,90-,95+/m1/s1. The van der Waals surface area contributed by atoms with Crippen LogP contribution < -0.4 is 25.4 Å². The Morgan fingerprint density at radius 3 is 1.89 bits per heavy atom. The Balaban J connectivity index is 1.04. The number of nitrogens with one attached hydrogen (secondary N) is 3. The number of amides is 3. The molecule has 2 fully saturated rings. The molecule has 0 saturated carbocycles. The molecule has 8 N–H and O–H groups in total. The highest BCUT2D eigenvalue weighted by atomic mass is 16.5. The first-order valence-corrected chi connectivity index (χ1v) is 40.9. The molecule has 20 nitrogen and oxygen atoms in total. The number of aryl methyl sites for hydroxylation is 7. The van der Waals surface area contributed by atoms with Crippen molar-refractivity contribution in [3.8, 4) is 45.3 Å². The Bertz CT molecular complexity index is 4840. The maximum Gasteiger partial charge on any atom is 0.311 e. The molecule has 14 rings (SSSR count). The van der Waals surface area contributed by atoms with Crippen LogP contribution in [0.1, 0.15) is 215 Å². The quantitative estimate of drug-likeness (QED) is 0.0420. The second kappa shape index (κ2) is 35.5. The minimum Gasteiger partial charge on any atom is -0.481 e. The van der Waals surface area contributed by atoms with E-state index in [0.29, 0.717) is 69.3 Å². The van der Waals surface area contributed by atoms with E-state index in [2.05, 4.69) is 92.2 Å². The minimum atomic E-state index is -1.81. The zero-order valence-electron chi connectivity index (χ0n) is 68.6. The van der Waals surface area contributed by atoms with Gasteiger partial charge in [0.1, 0.15) is 59.2 Å². The number of aliphatic hydroxyl groups is 4. The third-order valence-corrected chi connectivity index (χ3v) is 25.5. The third-order valence-electron chi connectivity index (χ3n) is 25.5. The fraction of sp³-hybridized carbons (Fsp3) is 0.474. The van der Waals surface area contributed by atoms with Crippen LogP contribution in [0.3, 0.4) is 0 Å². The number of carbonyl (C=O) groups is 8. The number of rotatable bonds is 17. The summed E-state index contributed by atoms with van der Waals surface area (Å²) in [6.45, 7) is 25.8. The van der Waals surface area contributed by atoms with Crippen molar-refractivity contribution in [3.63, 3.8) is 0 Å². The minimum absolute atomic E-state index is 0.0278. The molecule has 2 unspecified atom stereocenters. The fourth-order valence-electron chi connectivity index (χ4n) is 18.4. The molecule has 3 amide bonds. The van der Waals surface area contributed by atoms with Gasteiger partial charge >= 0.3 is 5.97 Å². The molecule has 7 aliphatic heterocycles. The molecule has 20 heteroatoms. The van der Waals surface area contributed by atoms with Gasteiger partial charge in [0, 0.05) is 55.4 Å². The second-order valence-corrected chi connectivity index (χ2v) is 34.5. The van der Waals surface area contributed by atoms with E-state index < -0.39 is 169 Å². The van der Waals surface area contributed by atoms with Crippen molar-refractivity contribution in [2.24, 2.45) is 35.0 Å². The average Bonchev–Trinajstić information content (AvgIpc) is 0.764. The number of hydrogen-bond acceptors (Lipinski definition) is 16. The largest absolute Gasteiger partial charge is 0.481 e. The number of carboxylic acid groups (broad SMARTS) is 1. The van der Waals surface area contributed by atoms with Crippen molar-refractivity contribution in [1.29, 1.82) is 0 Å². The zero-order valence-corrected chi connectivity index (χ0v) is 68.6. The second-order valence-electron chi connectivity index (χ2n) is 34.5. The van der Waals surface area contributed by atoms with E-state index in [0.717, 1.165) is 29.5 Å². The predicted molar refractivity (Wildman–Crippen MR) is 438 cm³/mol. The van der Waals surface area contributed by atoms with Crippen molar-refractivity contribution in [1.82, 2.24) is 16.0 Å². The summed E-state index contributed by atoms with van der Waals surface area (Å²) in [5, 5.41) is 68.5. The Morgan fingerprint density at radius 2 is 1.27 bits per heavy atom. The van der Waals surface area contributed by atoms with Gasteiger partial charge in [0.05, 0.1) is 54.8 Å². The van der Waals surface area contributed by atoms with Crippen LogP contribution in [0.25, 0.3) is 22.3 Å². The number of benzene rings is 7. The van der Waals surface area contributed by atoms with Crippen LogP contribution in [0.5, 0.6) is 23.0 Å². The monoisotopic (exact) mass is 1570 g/mol. The number of hydrogen-bond donors (Lipinski definition) is 8. The summed E-state index contributed by atoms with van der Waals surface area (Å²) in [6, 6.07) is 34.4. The lowest BCUT2D eigenvalue weighted by Gasteiger charge is -2.50. The van der Waals surface area contributed by atoms with Crippen LogP contribution in [0.2, 0.25) is 0 Å². The topological polar surface area (TPSA) is 311 Å². The van der Waals surface area contributed by atoms with E-state index in [1.54, 1.807) is 87.5 Å². The number of fused-ring (bicyclic) bond motifs is 15. The molecule has 18 atom stereocenters.